The minimum Gasteiger partial charge on any atom is -0.379 e. The van der Waals surface area contributed by atoms with Crippen LogP contribution in [0, 0.1) is 0 Å². The quantitative estimate of drug-likeness (QED) is 0.253. The van der Waals surface area contributed by atoms with Gasteiger partial charge < -0.3 is 14.2 Å². The molecule has 0 amide bonds. The van der Waals surface area contributed by atoms with Crippen LogP contribution in [0.1, 0.15) is 84.5 Å². The molecule has 0 aromatic rings. The van der Waals surface area contributed by atoms with Crippen molar-refractivity contribution in [2.45, 2.75) is 84.5 Å². The van der Waals surface area contributed by atoms with Gasteiger partial charge in [0.1, 0.15) is 6.79 Å². The van der Waals surface area contributed by atoms with E-state index in [0.717, 1.165) is 19.6 Å². The van der Waals surface area contributed by atoms with Crippen molar-refractivity contribution in [3.05, 3.63) is 0 Å². The summed E-state index contributed by atoms with van der Waals surface area (Å²) >= 11 is 0. The monoisotopic (exact) mass is 302 g/mol. The first kappa shape index (κ1) is 20.9. The second-order valence-corrected chi connectivity index (χ2v) is 5.73. The van der Waals surface area contributed by atoms with Gasteiger partial charge in [-0.1, -0.05) is 71.6 Å². The van der Waals surface area contributed by atoms with E-state index in [4.69, 9.17) is 14.2 Å². The van der Waals surface area contributed by atoms with Crippen LogP contribution in [-0.2, 0) is 14.2 Å². The van der Waals surface area contributed by atoms with Gasteiger partial charge in [-0.05, 0) is 12.8 Å². The zero-order valence-electron chi connectivity index (χ0n) is 14.5. The molecule has 0 aromatic heterocycles. The molecule has 0 N–H and O–H groups in total. The Labute approximate surface area is 132 Å². The van der Waals surface area contributed by atoms with Gasteiger partial charge in [0.15, 0.2) is 0 Å². The number of rotatable bonds is 18. The van der Waals surface area contributed by atoms with Gasteiger partial charge in [0, 0.05) is 13.2 Å². The third-order valence-electron chi connectivity index (χ3n) is 3.53. The highest BCUT2D eigenvalue weighted by atomic mass is 16.7. The SMILES string of the molecule is CCCCCCCCCCCCOCCOCOCCC. The molecule has 0 bridgehead atoms. The number of unbranched alkanes of at least 4 members (excludes halogenated alkanes) is 9. The van der Waals surface area contributed by atoms with E-state index in [1.54, 1.807) is 0 Å². The average Bonchev–Trinajstić information content (AvgIpc) is 2.50. The van der Waals surface area contributed by atoms with Crippen molar-refractivity contribution in [1.29, 1.82) is 0 Å². The Kier molecular flexibility index (Phi) is 19.8. The predicted octanol–water partition coefficient (Wildman–Crippen LogP) is 5.32. The highest BCUT2D eigenvalue weighted by Crippen LogP contribution is 2.10. The van der Waals surface area contributed by atoms with E-state index in [9.17, 15) is 0 Å². The lowest BCUT2D eigenvalue weighted by atomic mass is 10.1. The summed E-state index contributed by atoms with van der Waals surface area (Å²) in [5.41, 5.74) is 0. The summed E-state index contributed by atoms with van der Waals surface area (Å²) in [6.07, 6.45) is 14.7. The Bertz CT molecular complexity index is 156. The van der Waals surface area contributed by atoms with Crippen LogP contribution >= 0.6 is 0 Å². The summed E-state index contributed by atoms with van der Waals surface area (Å²) in [5, 5.41) is 0. The van der Waals surface area contributed by atoms with E-state index in [2.05, 4.69) is 13.8 Å². The Morgan fingerprint density at radius 1 is 0.429 bits per heavy atom. The molecule has 0 aliphatic heterocycles. The molecule has 0 fully saturated rings. The number of hydrogen-bond donors (Lipinski definition) is 0. The van der Waals surface area contributed by atoms with Crippen molar-refractivity contribution < 1.29 is 14.2 Å². The van der Waals surface area contributed by atoms with Crippen LogP contribution in [0.5, 0.6) is 0 Å². The maximum Gasteiger partial charge on any atom is 0.146 e. The topological polar surface area (TPSA) is 27.7 Å². The molecular weight excluding hydrogens is 264 g/mol. The van der Waals surface area contributed by atoms with Gasteiger partial charge >= 0.3 is 0 Å². The maximum absolute atomic E-state index is 5.53. The molecule has 0 aromatic carbocycles. The third-order valence-corrected chi connectivity index (χ3v) is 3.53. The van der Waals surface area contributed by atoms with Gasteiger partial charge in [0.25, 0.3) is 0 Å². The normalized spacial score (nSPS) is 11.1. The third kappa shape index (κ3) is 19.9. The van der Waals surface area contributed by atoms with Crippen molar-refractivity contribution in [3.63, 3.8) is 0 Å². The summed E-state index contributed by atoms with van der Waals surface area (Å²) in [7, 11) is 0. The maximum atomic E-state index is 5.53. The number of hydrogen-bond acceptors (Lipinski definition) is 3. The highest BCUT2D eigenvalue weighted by molar-refractivity contribution is 4.47. The van der Waals surface area contributed by atoms with Gasteiger partial charge in [-0.15, -0.1) is 0 Å². The fourth-order valence-electron chi connectivity index (χ4n) is 2.23. The summed E-state index contributed by atoms with van der Waals surface area (Å²) in [5.74, 6) is 0. The van der Waals surface area contributed by atoms with Crippen molar-refractivity contribution in [1.82, 2.24) is 0 Å². The van der Waals surface area contributed by atoms with Gasteiger partial charge in [-0.3, -0.25) is 0 Å². The fraction of sp³-hybridized carbons (Fsp3) is 1.00. The molecule has 0 radical (unpaired) electrons. The molecule has 21 heavy (non-hydrogen) atoms. The second kappa shape index (κ2) is 19.9. The van der Waals surface area contributed by atoms with E-state index in [1.807, 2.05) is 0 Å². The first-order valence-electron chi connectivity index (χ1n) is 9.15. The predicted molar refractivity (Wildman–Crippen MR) is 89.7 cm³/mol. The summed E-state index contributed by atoms with van der Waals surface area (Å²) in [4.78, 5) is 0. The molecule has 3 nitrogen and oxygen atoms in total. The van der Waals surface area contributed by atoms with E-state index in [-0.39, 0.29) is 0 Å². The molecule has 3 heteroatoms. The summed E-state index contributed by atoms with van der Waals surface area (Å²) in [6.45, 7) is 7.74. The minimum atomic E-state index is 0.398. The Morgan fingerprint density at radius 3 is 1.57 bits per heavy atom. The lowest BCUT2D eigenvalue weighted by Crippen LogP contribution is -2.08. The summed E-state index contributed by atoms with van der Waals surface area (Å²) < 4.78 is 16.0. The summed E-state index contributed by atoms with van der Waals surface area (Å²) in [6, 6.07) is 0. The lowest BCUT2D eigenvalue weighted by molar-refractivity contribution is -0.0692. The van der Waals surface area contributed by atoms with Crippen molar-refractivity contribution in [2.24, 2.45) is 0 Å². The molecule has 0 unspecified atom stereocenters. The van der Waals surface area contributed by atoms with E-state index < -0.39 is 0 Å². The number of ether oxygens (including phenoxy) is 3. The van der Waals surface area contributed by atoms with Crippen molar-refractivity contribution in [3.8, 4) is 0 Å². The zero-order chi connectivity index (χ0) is 15.4. The smallest absolute Gasteiger partial charge is 0.146 e. The van der Waals surface area contributed by atoms with E-state index >= 15 is 0 Å². The lowest BCUT2D eigenvalue weighted by Gasteiger charge is -2.06. The van der Waals surface area contributed by atoms with Crippen molar-refractivity contribution in [2.75, 3.05) is 33.2 Å². The molecule has 0 heterocycles. The molecule has 0 aliphatic carbocycles. The molecule has 0 spiro atoms. The average molecular weight is 302 g/mol. The fourth-order valence-corrected chi connectivity index (χ4v) is 2.23. The second-order valence-electron chi connectivity index (χ2n) is 5.73. The van der Waals surface area contributed by atoms with Gasteiger partial charge in [0.2, 0.25) is 0 Å². The molecule has 0 rings (SSSR count). The molecule has 0 aliphatic rings. The molecule has 0 atom stereocenters. The van der Waals surface area contributed by atoms with Crippen LogP contribution in [-0.4, -0.2) is 33.2 Å². The minimum absolute atomic E-state index is 0.398. The van der Waals surface area contributed by atoms with Crippen LogP contribution in [0.3, 0.4) is 0 Å². The van der Waals surface area contributed by atoms with Crippen molar-refractivity contribution >= 4 is 0 Å². The first-order valence-corrected chi connectivity index (χ1v) is 9.15. The van der Waals surface area contributed by atoms with Gasteiger partial charge in [-0.2, -0.15) is 0 Å². The van der Waals surface area contributed by atoms with Crippen LogP contribution in [0.2, 0.25) is 0 Å². The van der Waals surface area contributed by atoms with Gasteiger partial charge in [-0.25, -0.2) is 0 Å². The Hall–Kier alpha value is -0.120. The molecule has 0 saturated carbocycles. The van der Waals surface area contributed by atoms with Gasteiger partial charge in [0.05, 0.1) is 13.2 Å². The largest absolute Gasteiger partial charge is 0.379 e. The first-order chi connectivity index (χ1) is 10.4. The molecule has 128 valence electrons. The zero-order valence-corrected chi connectivity index (χ0v) is 14.5. The highest BCUT2D eigenvalue weighted by Gasteiger charge is 1.94. The Morgan fingerprint density at radius 2 is 0.952 bits per heavy atom. The van der Waals surface area contributed by atoms with E-state index in [1.165, 1.54) is 64.2 Å². The Balaban J connectivity index is 2.90. The molecular formula is C18H38O3. The van der Waals surface area contributed by atoms with E-state index in [0.29, 0.717) is 20.0 Å². The standard InChI is InChI=1S/C18H38O3/c1-3-5-6-7-8-9-10-11-12-13-15-19-16-17-21-18-20-14-4-2/h3-18H2,1-2H3. The van der Waals surface area contributed by atoms with Crippen LogP contribution in [0.25, 0.3) is 0 Å². The molecule has 0 saturated heterocycles. The van der Waals surface area contributed by atoms with Crippen LogP contribution in [0.15, 0.2) is 0 Å². The van der Waals surface area contributed by atoms with Crippen LogP contribution < -0.4 is 0 Å². The van der Waals surface area contributed by atoms with Crippen LogP contribution in [0.4, 0.5) is 0 Å².